The van der Waals surface area contributed by atoms with Gasteiger partial charge in [0.2, 0.25) is 0 Å². The predicted molar refractivity (Wildman–Crippen MR) is 104 cm³/mol. The van der Waals surface area contributed by atoms with Gasteiger partial charge in [0.05, 0.1) is 19.8 Å². The van der Waals surface area contributed by atoms with Crippen LogP contribution in [0, 0.1) is 0 Å². The van der Waals surface area contributed by atoms with Crippen molar-refractivity contribution in [3.05, 3.63) is 47.5 Å². The fourth-order valence-corrected chi connectivity index (χ4v) is 2.56. The molecule has 1 atom stereocenters. The summed E-state index contributed by atoms with van der Waals surface area (Å²) in [5.74, 6) is 2.51. The Hall–Kier alpha value is -2.60. The summed E-state index contributed by atoms with van der Waals surface area (Å²) in [7, 11) is 0. The monoisotopic (exact) mass is 375 g/mol. The van der Waals surface area contributed by atoms with Gasteiger partial charge in [-0.05, 0) is 43.3 Å². The van der Waals surface area contributed by atoms with Gasteiger partial charge in [0.1, 0.15) is 11.9 Å². The highest BCUT2D eigenvalue weighted by Crippen LogP contribution is 2.32. The Bertz CT molecular complexity index is 765. The van der Waals surface area contributed by atoms with Crippen molar-refractivity contribution in [2.45, 2.75) is 19.4 Å². The largest absolute Gasteiger partial charge is 0.490 e. The number of rotatable bonds is 5. The van der Waals surface area contributed by atoms with Crippen molar-refractivity contribution < 1.29 is 14.2 Å². The first-order valence-corrected chi connectivity index (χ1v) is 8.87. The minimum absolute atomic E-state index is 0.125. The molecule has 0 unspecified atom stereocenters. The molecular formula is C19H22ClN3O3. The number of nitrogens with zero attached hydrogens (tertiary/aromatic N) is 1. The molecule has 1 heterocycles. The molecule has 0 amide bonds. The van der Waals surface area contributed by atoms with Crippen LogP contribution in [0.4, 0.5) is 5.69 Å². The van der Waals surface area contributed by atoms with Gasteiger partial charge in [-0.3, -0.25) is 0 Å². The van der Waals surface area contributed by atoms with Crippen LogP contribution in [0.15, 0.2) is 47.5 Å². The van der Waals surface area contributed by atoms with E-state index < -0.39 is 0 Å². The summed E-state index contributed by atoms with van der Waals surface area (Å²) in [6.07, 6.45) is 0.743. The fourth-order valence-electron chi connectivity index (χ4n) is 2.44. The third-order valence-corrected chi connectivity index (χ3v) is 3.94. The van der Waals surface area contributed by atoms with Gasteiger partial charge < -0.3 is 25.3 Å². The van der Waals surface area contributed by atoms with Crippen LogP contribution in [-0.2, 0) is 0 Å². The molecule has 0 aromatic heterocycles. The average molecular weight is 376 g/mol. The Morgan fingerprint density at radius 2 is 1.92 bits per heavy atom. The topological polar surface area (TPSA) is 78.1 Å². The molecule has 3 N–H and O–H groups in total. The second-order valence-corrected chi connectivity index (χ2v) is 6.38. The molecule has 1 aliphatic rings. The van der Waals surface area contributed by atoms with Crippen LogP contribution in [0.5, 0.6) is 17.2 Å². The predicted octanol–water partition coefficient (Wildman–Crippen LogP) is 3.70. The van der Waals surface area contributed by atoms with Crippen LogP contribution in [0.3, 0.4) is 0 Å². The van der Waals surface area contributed by atoms with Gasteiger partial charge in [-0.25, -0.2) is 4.99 Å². The molecular weight excluding hydrogens is 354 g/mol. The number of hydrogen-bond acceptors (Lipinski definition) is 4. The van der Waals surface area contributed by atoms with E-state index >= 15 is 0 Å². The first-order valence-electron chi connectivity index (χ1n) is 8.49. The highest BCUT2D eigenvalue weighted by atomic mass is 35.5. The van der Waals surface area contributed by atoms with Crippen LogP contribution in [0.1, 0.15) is 13.3 Å². The molecule has 0 saturated heterocycles. The van der Waals surface area contributed by atoms with Crippen molar-refractivity contribution in [2.24, 2.45) is 10.7 Å². The van der Waals surface area contributed by atoms with Crippen LogP contribution in [0.25, 0.3) is 0 Å². The fraction of sp³-hybridized carbons (Fsp3) is 0.316. The minimum atomic E-state index is -0.125. The normalized spacial score (nSPS) is 15.1. The van der Waals surface area contributed by atoms with Gasteiger partial charge in [0, 0.05) is 23.2 Å². The lowest BCUT2D eigenvalue weighted by atomic mass is 10.3. The number of hydrogen-bond donors (Lipinski definition) is 2. The van der Waals surface area contributed by atoms with Gasteiger partial charge in [-0.15, -0.1) is 0 Å². The number of halogens is 1. The van der Waals surface area contributed by atoms with Crippen molar-refractivity contribution in [3.8, 4) is 17.2 Å². The number of ether oxygens (including phenoxy) is 3. The number of benzene rings is 2. The zero-order valence-corrected chi connectivity index (χ0v) is 15.3. The summed E-state index contributed by atoms with van der Waals surface area (Å²) in [5.41, 5.74) is 6.76. The molecule has 2 aromatic rings. The third kappa shape index (κ3) is 5.20. The third-order valence-electron chi connectivity index (χ3n) is 3.69. The molecule has 2 aromatic carbocycles. The SMILES string of the molecule is C[C@@H](CN=C(N)Nc1ccc2c(c1)OCCCO2)Oc1ccc(Cl)cc1. The zero-order valence-electron chi connectivity index (χ0n) is 14.6. The van der Waals surface area contributed by atoms with Gasteiger partial charge in [-0.1, -0.05) is 11.6 Å². The van der Waals surface area contributed by atoms with Crippen molar-refractivity contribution >= 4 is 23.2 Å². The number of fused-ring (bicyclic) bond motifs is 1. The summed E-state index contributed by atoms with van der Waals surface area (Å²) in [6.45, 7) is 3.65. The molecule has 3 rings (SSSR count). The van der Waals surface area contributed by atoms with Gasteiger partial charge in [-0.2, -0.15) is 0 Å². The Kier molecular flexibility index (Phi) is 6.07. The van der Waals surface area contributed by atoms with E-state index in [0.717, 1.165) is 23.6 Å². The Balaban J connectivity index is 1.54. The van der Waals surface area contributed by atoms with E-state index in [9.17, 15) is 0 Å². The lowest BCUT2D eigenvalue weighted by molar-refractivity contribution is 0.230. The van der Waals surface area contributed by atoms with E-state index in [-0.39, 0.29) is 6.10 Å². The highest BCUT2D eigenvalue weighted by Gasteiger charge is 2.11. The Morgan fingerprint density at radius 1 is 1.19 bits per heavy atom. The lowest BCUT2D eigenvalue weighted by Gasteiger charge is -2.14. The maximum absolute atomic E-state index is 5.97. The lowest BCUT2D eigenvalue weighted by Crippen LogP contribution is -2.25. The molecule has 0 fully saturated rings. The van der Waals surface area contributed by atoms with Crippen LogP contribution in [-0.4, -0.2) is 31.8 Å². The Labute approximate surface area is 157 Å². The molecule has 0 saturated carbocycles. The minimum Gasteiger partial charge on any atom is -0.490 e. The van der Waals surface area contributed by atoms with E-state index in [1.54, 1.807) is 12.1 Å². The summed E-state index contributed by atoms with van der Waals surface area (Å²) in [6, 6.07) is 12.8. The second kappa shape index (κ2) is 8.67. The maximum atomic E-state index is 5.97. The van der Waals surface area contributed by atoms with Crippen molar-refractivity contribution in [1.29, 1.82) is 0 Å². The van der Waals surface area contributed by atoms with Crippen molar-refractivity contribution in [3.63, 3.8) is 0 Å². The van der Waals surface area contributed by atoms with Crippen LogP contribution < -0.4 is 25.3 Å². The number of anilines is 1. The van der Waals surface area contributed by atoms with Gasteiger partial charge in [0.25, 0.3) is 0 Å². The number of nitrogens with two attached hydrogens (primary N) is 1. The quantitative estimate of drug-likeness (QED) is 0.615. The molecule has 138 valence electrons. The van der Waals surface area contributed by atoms with Gasteiger partial charge >= 0.3 is 0 Å². The van der Waals surface area contributed by atoms with E-state index in [1.165, 1.54) is 0 Å². The highest BCUT2D eigenvalue weighted by molar-refractivity contribution is 6.30. The first kappa shape index (κ1) is 18.2. The maximum Gasteiger partial charge on any atom is 0.193 e. The van der Waals surface area contributed by atoms with Crippen molar-refractivity contribution in [1.82, 2.24) is 0 Å². The molecule has 0 radical (unpaired) electrons. The molecule has 6 nitrogen and oxygen atoms in total. The molecule has 0 bridgehead atoms. The molecule has 0 aliphatic carbocycles. The van der Waals surface area contributed by atoms with E-state index in [1.807, 2.05) is 37.3 Å². The Morgan fingerprint density at radius 3 is 2.69 bits per heavy atom. The average Bonchev–Trinajstić information content (AvgIpc) is 2.87. The molecule has 1 aliphatic heterocycles. The molecule has 7 heteroatoms. The first-order chi connectivity index (χ1) is 12.6. The zero-order chi connectivity index (χ0) is 18.4. The van der Waals surface area contributed by atoms with E-state index in [4.69, 9.17) is 31.5 Å². The number of aliphatic imine (C=N–C) groups is 1. The molecule has 0 spiro atoms. The van der Waals surface area contributed by atoms with Crippen LogP contribution >= 0.6 is 11.6 Å². The van der Waals surface area contributed by atoms with Crippen molar-refractivity contribution in [2.75, 3.05) is 25.1 Å². The summed E-state index contributed by atoms with van der Waals surface area (Å²) in [5, 5.41) is 3.73. The summed E-state index contributed by atoms with van der Waals surface area (Å²) >= 11 is 5.86. The molecule has 26 heavy (non-hydrogen) atoms. The van der Waals surface area contributed by atoms with Crippen LogP contribution in [0.2, 0.25) is 5.02 Å². The number of nitrogens with one attached hydrogen (secondary N) is 1. The summed E-state index contributed by atoms with van der Waals surface area (Å²) < 4.78 is 17.1. The smallest absolute Gasteiger partial charge is 0.193 e. The van der Waals surface area contributed by atoms with Gasteiger partial charge in [0.15, 0.2) is 17.5 Å². The number of guanidine groups is 1. The summed E-state index contributed by atoms with van der Waals surface area (Å²) in [4.78, 5) is 4.32. The standard InChI is InChI=1S/C19H22ClN3O3/c1-13(26-16-6-3-14(20)4-7-16)12-22-19(21)23-15-5-8-17-18(11-15)25-10-2-9-24-17/h3-8,11,13H,2,9-10,12H2,1H3,(H3,21,22,23)/t13-/m0/s1. The van der Waals surface area contributed by atoms with E-state index in [0.29, 0.717) is 36.5 Å². The van der Waals surface area contributed by atoms with E-state index in [2.05, 4.69) is 10.3 Å². The second-order valence-electron chi connectivity index (χ2n) is 5.95.